The first kappa shape index (κ1) is 15.0. The monoisotopic (exact) mass is 261 g/mol. The van der Waals surface area contributed by atoms with Crippen molar-refractivity contribution < 1.29 is 18.3 Å². The third-order valence-corrected chi connectivity index (χ3v) is 2.85. The van der Waals surface area contributed by atoms with Gasteiger partial charge in [0.2, 0.25) is 0 Å². The molecule has 0 aliphatic carbocycles. The number of halogens is 3. The van der Waals surface area contributed by atoms with E-state index in [2.05, 4.69) is 0 Å². The summed E-state index contributed by atoms with van der Waals surface area (Å²) < 4.78 is 36.5. The fourth-order valence-corrected chi connectivity index (χ4v) is 1.74. The number of alkyl halides is 3. The van der Waals surface area contributed by atoms with Crippen LogP contribution in [0.25, 0.3) is 0 Å². The van der Waals surface area contributed by atoms with Crippen LogP contribution in [0, 0.1) is 13.8 Å². The lowest BCUT2D eigenvalue weighted by molar-refractivity contribution is -0.145. The van der Waals surface area contributed by atoms with Crippen LogP contribution in [0.3, 0.4) is 0 Å². The van der Waals surface area contributed by atoms with Crippen LogP contribution >= 0.6 is 0 Å². The second-order valence-electron chi connectivity index (χ2n) is 4.67. The Morgan fingerprint density at radius 2 is 1.83 bits per heavy atom. The lowest BCUT2D eigenvalue weighted by Crippen LogP contribution is -2.34. The molecule has 1 N–H and O–H groups in total. The van der Waals surface area contributed by atoms with Crippen LogP contribution in [0.4, 0.5) is 13.2 Å². The van der Waals surface area contributed by atoms with E-state index >= 15 is 0 Å². The number of aliphatic hydroxyl groups is 1. The van der Waals surface area contributed by atoms with Gasteiger partial charge in [-0.25, -0.2) is 0 Å². The summed E-state index contributed by atoms with van der Waals surface area (Å²) in [5, 5.41) is 9.89. The summed E-state index contributed by atoms with van der Waals surface area (Å²) in [6.07, 6.45) is -5.14. The highest BCUT2D eigenvalue weighted by Crippen LogP contribution is 2.20. The van der Waals surface area contributed by atoms with Crippen molar-refractivity contribution >= 4 is 0 Å². The Bertz CT molecular complexity index is 404. The summed E-state index contributed by atoms with van der Waals surface area (Å²) in [4.78, 5) is 1.07. The van der Waals surface area contributed by atoms with E-state index in [1.807, 2.05) is 19.9 Å². The molecule has 0 amide bonds. The molecule has 0 aromatic heterocycles. The van der Waals surface area contributed by atoms with Gasteiger partial charge in [-0.05, 0) is 37.6 Å². The molecular weight excluding hydrogens is 243 g/mol. The van der Waals surface area contributed by atoms with Gasteiger partial charge >= 0.3 is 6.18 Å². The maximum absolute atomic E-state index is 12.2. The Morgan fingerprint density at radius 3 is 2.33 bits per heavy atom. The van der Waals surface area contributed by atoms with Gasteiger partial charge in [0.1, 0.15) is 0 Å². The lowest BCUT2D eigenvalue weighted by atomic mass is 10.0. The van der Waals surface area contributed by atoms with Crippen LogP contribution in [-0.2, 0) is 0 Å². The van der Waals surface area contributed by atoms with Crippen molar-refractivity contribution in [1.82, 2.24) is 4.90 Å². The average Bonchev–Trinajstić information content (AvgIpc) is 2.18. The number of aliphatic hydroxyl groups excluding tert-OH is 1. The van der Waals surface area contributed by atoms with Gasteiger partial charge in [0, 0.05) is 6.54 Å². The largest absolute Gasteiger partial charge is 0.401 e. The zero-order valence-corrected chi connectivity index (χ0v) is 10.8. The van der Waals surface area contributed by atoms with E-state index in [0.717, 1.165) is 16.0 Å². The normalized spacial score (nSPS) is 14.0. The minimum absolute atomic E-state index is 0.0397. The predicted molar refractivity (Wildman–Crippen MR) is 64.4 cm³/mol. The van der Waals surface area contributed by atoms with Gasteiger partial charge in [-0.3, -0.25) is 4.90 Å². The second kappa shape index (κ2) is 5.71. The van der Waals surface area contributed by atoms with Crippen LogP contribution in [0.15, 0.2) is 18.2 Å². The highest BCUT2D eigenvalue weighted by Gasteiger charge is 2.29. The van der Waals surface area contributed by atoms with E-state index in [9.17, 15) is 18.3 Å². The molecule has 1 aromatic carbocycles. The zero-order chi connectivity index (χ0) is 13.9. The average molecular weight is 261 g/mol. The Hall–Kier alpha value is -1.07. The van der Waals surface area contributed by atoms with Crippen molar-refractivity contribution in [3.8, 4) is 0 Å². The number of rotatable bonds is 4. The van der Waals surface area contributed by atoms with Gasteiger partial charge in [-0.1, -0.05) is 18.2 Å². The van der Waals surface area contributed by atoms with Crippen molar-refractivity contribution in [1.29, 1.82) is 0 Å². The molecule has 1 atom stereocenters. The molecule has 0 aliphatic rings. The molecule has 1 aromatic rings. The van der Waals surface area contributed by atoms with Gasteiger partial charge < -0.3 is 5.11 Å². The molecule has 0 aliphatic heterocycles. The van der Waals surface area contributed by atoms with Crippen molar-refractivity contribution in [2.24, 2.45) is 0 Å². The Kier molecular flexibility index (Phi) is 4.76. The zero-order valence-electron chi connectivity index (χ0n) is 10.8. The van der Waals surface area contributed by atoms with Crippen LogP contribution in [0.2, 0.25) is 0 Å². The van der Waals surface area contributed by atoms with Crippen LogP contribution < -0.4 is 0 Å². The maximum Gasteiger partial charge on any atom is 0.401 e. The van der Waals surface area contributed by atoms with Crippen LogP contribution in [-0.4, -0.2) is 36.3 Å². The molecule has 0 fully saturated rings. The third-order valence-electron chi connectivity index (χ3n) is 2.85. The van der Waals surface area contributed by atoms with Crippen molar-refractivity contribution in [3.05, 3.63) is 34.9 Å². The third kappa shape index (κ3) is 4.66. The van der Waals surface area contributed by atoms with E-state index < -0.39 is 18.8 Å². The van der Waals surface area contributed by atoms with Gasteiger partial charge in [-0.15, -0.1) is 0 Å². The number of nitrogens with zero attached hydrogens (tertiary/aromatic N) is 1. The number of hydrogen-bond acceptors (Lipinski definition) is 2. The fourth-order valence-electron chi connectivity index (χ4n) is 1.74. The minimum Gasteiger partial charge on any atom is -0.387 e. The molecular formula is C13H18F3NO. The molecule has 18 heavy (non-hydrogen) atoms. The molecule has 0 spiro atoms. The SMILES string of the molecule is Cc1ccc(C(O)CN(C)CC(F)(F)F)cc1C. The van der Waals surface area contributed by atoms with E-state index in [0.29, 0.717) is 5.56 Å². The Balaban J connectivity index is 2.64. The summed E-state index contributed by atoms with van der Waals surface area (Å²) in [6, 6.07) is 5.41. The minimum atomic E-state index is -4.24. The molecule has 0 saturated carbocycles. The molecule has 0 saturated heterocycles. The first-order valence-corrected chi connectivity index (χ1v) is 5.69. The number of hydrogen-bond donors (Lipinski definition) is 1. The smallest absolute Gasteiger partial charge is 0.387 e. The first-order valence-electron chi connectivity index (χ1n) is 5.69. The molecule has 0 radical (unpaired) electrons. The van der Waals surface area contributed by atoms with E-state index in [1.54, 1.807) is 12.1 Å². The quantitative estimate of drug-likeness (QED) is 0.901. The summed E-state index contributed by atoms with van der Waals surface area (Å²) in [5.41, 5.74) is 2.76. The van der Waals surface area contributed by atoms with Gasteiger partial charge in [0.05, 0.1) is 12.6 Å². The number of aryl methyl sites for hydroxylation is 2. The molecule has 1 unspecified atom stereocenters. The van der Waals surface area contributed by atoms with Crippen molar-refractivity contribution in [2.45, 2.75) is 26.1 Å². The summed E-state index contributed by atoms with van der Waals surface area (Å²) in [7, 11) is 1.34. The summed E-state index contributed by atoms with van der Waals surface area (Å²) in [5.74, 6) is 0. The van der Waals surface area contributed by atoms with E-state index in [4.69, 9.17) is 0 Å². The highest BCUT2D eigenvalue weighted by molar-refractivity contribution is 5.31. The summed E-state index contributed by atoms with van der Waals surface area (Å²) >= 11 is 0. The Labute approximate surface area is 105 Å². The standard InChI is InChI=1S/C13H18F3NO/c1-9-4-5-11(6-10(9)2)12(18)7-17(3)8-13(14,15)16/h4-6,12,18H,7-8H2,1-3H3. The lowest BCUT2D eigenvalue weighted by Gasteiger charge is -2.22. The molecule has 0 heterocycles. The molecule has 2 nitrogen and oxygen atoms in total. The molecule has 5 heteroatoms. The van der Waals surface area contributed by atoms with E-state index in [1.165, 1.54) is 7.05 Å². The van der Waals surface area contributed by atoms with Gasteiger partial charge in [-0.2, -0.15) is 13.2 Å². The fraction of sp³-hybridized carbons (Fsp3) is 0.538. The van der Waals surface area contributed by atoms with Gasteiger partial charge in [0.15, 0.2) is 0 Å². The van der Waals surface area contributed by atoms with Crippen LogP contribution in [0.5, 0.6) is 0 Å². The number of benzene rings is 1. The van der Waals surface area contributed by atoms with E-state index in [-0.39, 0.29) is 6.54 Å². The van der Waals surface area contributed by atoms with Crippen LogP contribution in [0.1, 0.15) is 22.8 Å². The maximum atomic E-state index is 12.2. The molecule has 0 bridgehead atoms. The molecule has 102 valence electrons. The highest BCUT2D eigenvalue weighted by atomic mass is 19.4. The van der Waals surface area contributed by atoms with Crippen molar-refractivity contribution in [3.63, 3.8) is 0 Å². The predicted octanol–water partition coefficient (Wildman–Crippen LogP) is 2.83. The number of likely N-dealkylation sites (N-methyl/N-ethyl adjacent to an activating group) is 1. The van der Waals surface area contributed by atoms with Gasteiger partial charge in [0.25, 0.3) is 0 Å². The topological polar surface area (TPSA) is 23.5 Å². The molecule has 1 rings (SSSR count). The Morgan fingerprint density at radius 1 is 1.22 bits per heavy atom. The first-order chi connectivity index (χ1) is 8.19. The van der Waals surface area contributed by atoms with Crippen molar-refractivity contribution in [2.75, 3.05) is 20.1 Å². The second-order valence-corrected chi connectivity index (χ2v) is 4.67. The summed E-state index contributed by atoms with van der Waals surface area (Å²) in [6.45, 7) is 2.79.